The second kappa shape index (κ2) is 5.76. The summed E-state index contributed by atoms with van der Waals surface area (Å²) in [6, 6.07) is 0.517. The molecule has 1 unspecified atom stereocenters. The highest BCUT2D eigenvalue weighted by Gasteiger charge is 2.37. The first-order chi connectivity index (χ1) is 9.70. The molecule has 2 saturated carbocycles. The lowest BCUT2D eigenvalue weighted by atomic mass is 10.2. The zero-order valence-corrected chi connectivity index (χ0v) is 12.6. The second-order valence-electron chi connectivity index (χ2n) is 5.80. The van der Waals surface area contributed by atoms with Crippen LogP contribution in [0.3, 0.4) is 0 Å². The van der Waals surface area contributed by atoms with E-state index in [4.69, 9.17) is 0 Å². The van der Waals surface area contributed by atoms with E-state index in [0.717, 1.165) is 23.8 Å². The van der Waals surface area contributed by atoms with Crippen LogP contribution in [0.5, 0.6) is 0 Å². The molecule has 0 saturated heterocycles. The molecule has 2 aliphatic carbocycles. The molecular formula is C14H21N3O2S. The predicted octanol–water partition coefficient (Wildman–Crippen LogP) is 3.23. The highest BCUT2D eigenvalue weighted by atomic mass is 32.2. The summed E-state index contributed by atoms with van der Waals surface area (Å²) in [4.78, 5) is 11.4. The first-order valence-corrected chi connectivity index (χ1v) is 8.43. The van der Waals surface area contributed by atoms with Crippen LogP contribution in [0.1, 0.15) is 69.7 Å². The summed E-state index contributed by atoms with van der Waals surface area (Å²) in [5, 5.41) is 18.4. The van der Waals surface area contributed by atoms with Crippen molar-refractivity contribution in [2.75, 3.05) is 0 Å². The van der Waals surface area contributed by atoms with Gasteiger partial charge in [0.05, 0.1) is 0 Å². The molecule has 0 spiro atoms. The number of aromatic nitrogens is 3. The Balaban J connectivity index is 1.76. The maximum absolute atomic E-state index is 11.4. The van der Waals surface area contributed by atoms with E-state index >= 15 is 0 Å². The molecule has 0 radical (unpaired) electrons. The highest BCUT2D eigenvalue weighted by Crippen LogP contribution is 2.46. The Morgan fingerprint density at radius 1 is 1.40 bits per heavy atom. The number of hydrogen-bond donors (Lipinski definition) is 1. The Bertz CT molecular complexity index is 495. The molecule has 0 aromatic carbocycles. The monoisotopic (exact) mass is 295 g/mol. The molecule has 2 fully saturated rings. The van der Waals surface area contributed by atoms with E-state index in [9.17, 15) is 9.90 Å². The van der Waals surface area contributed by atoms with Gasteiger partial charge in [-0.05, 0) is 32.1 Å². The second-order valence-corrected chi connectivity index (χ2v) is 6.97. The molecule has 1 N–H and O–H groups in total. The van der Waals surface area contributed by atoms with Gasteiger partial charge in [-0.25, -0.2) is 0 Å². The molecule has 0 amide bonds. The van der Waals surface area contributed by atoms with Crippen LogP contribution in [0.4, 0.5) is 0 Å². The van der Waals surface area contributed by atoms with Crippen LogP contribution >= 0.6 is 11.8 Å². The van der Waals surface area contributed by atoms with Crippen LogP contribution in [0.15, 0.2) is 5.16 Å². The molecule has 2 aliphatic rings. The summed E-state index contributed by atoms with van der Waals surface area (Å²) in [5.74, 6) is 0.924. The minimum Gasteiger partial charge on any atom is -0.480 e. The summed E-state index contributed by atoms with van der Waals surface area (Å²) < 4.78 is 2.23. The normalized spacial score (nSPS) is 20.1. The third-order valence-corrected chi connectivity index (χ3v) is 5.10. The number of carboxylic acids is 1. The molecule has 5 nitrogen and oxygen atoms in total. The fourth-order valence-corrected chi connectivity index (χ4v) is 3.50. The van der Waals surface area contributed by atoms with Crippen LogP contribution in [0, 0.1) is 0 Å². The minimum absolute atomic E-state index is 0.399. The van der Waals surface area contributed by atoms with Crippen molar-refractivity contribution in [2.24, 2.45) is 0 Å². The molecule has 110 valence electrons. The third kappa shape index (κ3) is 3.00. The van der Waals surface area contributed by atoms with Crippen LogP contribution < -0.4 is 0 Å². The lowest BCUT2D eigenvalue weighted by Gasteiger charge is -2.13. The zero-order chi connectivity index (χ0) is 14.1. The van der Waals surface area contributed by atoms with E-state index in [2.05, 4.69) is 21.7 Å². The molecule has 20 heavy (non-hydrogen) atoms. The topological polar surface area (TPSA) is 68.0 Å². The van der Waals surface area contributed by atoms with Gasteiger partial charge in [0.25, 0.3) is 0 Å². The molecule has 0 bridgehead atoms. The quantitative estimate of drug-likeness (QED) is 0.746. The largest absolute Gasteiger partial charge is 0.480 e. The van der Waals surface area contributed by atoms with E-state index in [-0.39, 0.29) is 0 Å². The van der Waals surface area contributed by atoms with Gasteiger partial charge in [-0.15, -0.1) is 10.2 Å². The van der Waals surface area contributed by atoms with Gasteiger partial charge in [0, 0.05) is 12.0 Å². The molecule has 6 heteroatoms. The molecule has 3 rings (SSSR count). The Kier molecular flexibility index (Phi) is 4.01. The first kappa shape index (κ1) is 13.9. The van der Waals surface area contributed by atoms with Gasteiger partial charge in [0.1, 0.15) is 11.1 Å². The van der Waals surface area contributed by atoms with Crippen molar-refractivity contribution in [2.45, 2.75) is 74.2 Å². The third-order valence-electron chi connectivity index (χ3n) is 3.89. The Labute approximate surface area is 123 Å². The Hall–Kier alpha value is -1.04. The standard InChI is InChI=1S/C14H21N3O2S/c1-2-3-4-11(13(18)19)20-14-16-15-12(9-5-6-9)17(14)10-7-8-10/h9-11H,2-8H2,1H3,(H,18,19). The van der Waals surface area contributed by atoms with Crippen LogP contribution in [0.2, 0.25) is 0 Å². The number of rotatable bonds is 8. The Morgan fingerprint density at radius 2 is 2.15 bits per heavy atom. The number of hydrogen-bond acceptors (Lipinski definition) is 4. The molecule has 1 heterocycles. The summed E-state index contributed by atoms with van der Waals surface area (Å²) in [5.41, 5.74) is 0. The van der Waals surface area contributed by atoms with Crippen LogP contribution in [-0.4, -0.2) is 31.1 Å². The average molecular weight is 295 g/mol. The maximum Gasteiger partial charge on any atom is 0.317 e. The molecule has 1 aromatic heterocycles. The molecular weight excluding hydrogens is 274 g/mol. The van der Waals surface area contributed by atoms with Gasteiger partial charge in [0.15, 0.2) is 5.16 Å². The SMILES string of the molecule is CCCCC(Sc1nnc(C2CC2)n1C1CC1)C(=O)O. The fraction of sp³-hybridized carbons (Fsp3) is 0.786. The van der Waals surface area contributed by atoms with E-state index in [1.54, 1.807) is 0 Å². The van der Waals surface area contributed by atoms with Crippen molar-refractivity contribution < 1.29 is 9.90 Å². The zero-order valence-electron chi connectivity index (χ0n) is 11.8. The smallest absolute Gasteiger partial charge is 0.317 e. The number of nitrogens with zero attached hydrogens (tertiary/aromatic N) is 3. The summed E-state index contributed by atoms with van der Waals surface area (Å²) in [6.07, 6.45) is 7.42. The number of unbranched alkanes of at least 4 members (excludes halogenated alkanes) is 1. The van der Waals surface area contributed by atoms with E-state index in [0.29, 0.717) is 18.4 Å². The predicted molar refractivity (Wildman–Crippen MR) is 77.1 cm³/mol. The van der Waals surface area contributed by atoms with E-state index in [1.807, 2.05) is 0 Å². The van der Waals surface area contributed by atoms with Crippen molar-refractivity contribution in [1.82, 2.24) is 14.8 Å². The van der Waals surface area contributed by atoms with Gasteiger partial charge >= 0.3 is 5.97 Å². The van der Waals surface area contributed by atoms with Crippen molar-refractivity contribution in [3.63, 3.8) is 0 Å². The Morgan fingerprint density at radius 3 is 2.70 bits per heavy atom. The van der Waals surface area contributed by atoms with Crippen molar-refractivity contribution >= 4 is 17.7 Å². The van der Waals surface area contributed by atoms with Gasteiger partial charge < -0.3 is 9.67 Å². The van der Waals surface area contributed by atoms with Gasteiger partial charge in [0.2, 0.25) is 0 Å². The molecule has 0 aliphatic heterocycles. The van der Waals surface area contributed by atoms with E-state index < -0.39 is 11.2 Å². The lowest BCUT2D eigenvalue weighted by Crippen LogP contribution is -2.17. The number of thioether (sulfide) groups is 1. The van der Waals surface area contributed by atoms with Gasteiger partial charge in [-0.2, -0.15) is 0 Å². The van der Waals surface area contributed by atoms with Gasteiger partial charge in [-0.3, -0.25) is 4.79 Å². The average Bonchev–Trinajstić information content (AvgIpc) is 3.32. The highest BCUT2D eigenvalue weighted by molar-refractivity contribution is 8.00. The summed E-state index contributed by atoms with van der Waals surface area (Å²) in [7, 11) is 0. The molecule has 1 atom stereocenters. The summed E-state index contributed by atoms with van der Waals surface area (Å²) in [6.45, 7) is 2.08. The first-order valence-electron chi connectivity index (χ1n) is 7.55. The fourth-order valence-electron chi connectivity index (χ4n) is 2.41. The minimum atomic E-state index is -0.734. The summed E-state index contributed by atoms with van der Waals surface area (Å²) >= 11 is 1.39. The van der Waals surface area contributed by atoms with E-state index in [1.165, 1.54) is 37.4 Å². The molecule has 1 aromatic rings. The van der Waals surface area contributed by atoms with Crippen molar-refractivity contribution in [3.05, 3.63) is 5.82 Å². The maximum atomic E-state index is 11.4. The van der Waals surface area contributed by atoms with Crippen LogP contribution in [0.25, 0.3) is 0 Å². The van der Waals surface area contributed by atoms with Gasteiger partial charge in [-0.1, -0.05) is 31.5 Å². The number of carbonyl (C=O) groups is 1. The number of aliphatic carboxylic acids is 1. The van der Waals surface area contributed by atoms with Crippen LogP contribution in [-0.2, 0) is 4.79 Å². The van der Waals surface area contributed by atoms with Crippen molar-refractivity contribution in [1.29, 1.82) is 0 Å². The number of carboxylic acid groups (broad SMARTS) is 1. The lowest BCUT2D eigenvalue weighted by molar-refractivity contribution is -0.136. The van der Waals surface area contributed by atoms with Crippen molar-refractivity contribution in [3.8, 4) is 0 Å².